The Labute approximate surface area is 138 Å². The van der Waals surface area contributed by atoms with E-state index in [0.717, 1.165) is 25.7 Å². The molecule has 1 saturated carbocycles. The van der Waals surface area contributed by atoms with E-state index in [2.05, 4.69) is 12.2 Å². The third-order valence-corrected chi connectivity index (χ3v) is 4.25. The molecule has 0 saturated heterocycles. The number of benzene rings is 1. The van der Waals surface area contributed by atoms with Gasteiger partial charge in [0.15, 0.2) is 11.5 Å². The van der Waals surface area contributed by atoms with Crippen LogP contribution >= 0.6 is 0 Å². The Morgan fingerprint density at radius 2 is 2.09 bits per heavy atom. The van der Waals surface area contributed by atoms with Crippen LogP contribution in [0, 0.1) is 5.92 Å². The molecule has 2 rings (SSSR count). The lowest BCUT2D eigenvalue weighted by Crippen LogP contribution is -2.39. The third kappa shape index (κ3) is 4.61. The Balaban J connectivity index is 2.08. The highest BCUT2D eigenvalue weighted by atomic mass is 16.5. The number of amides is 1. The summed E-state index contributed by atoms with van der Waals surface area (Å²) in [6, 6.07) is 5.54. The third-order valence-electron chi connectivity index (χ3n) is 4.25. The van der Waals surface area contributed by atoms with E-state index in [-0.39, 0.29) is 11.9 Å². The number of nitrogens with one attached hydrogen (secondary N) is 1. The molecule has 2 unspecified atom stereocenters. The topological polar surface area (TPSA) is 73.6 Å². The molecule has 5 heteroatoms. The minimum Gasteiger partial charge on any atom is -0.490 e. The SMILES string of the molecule is CCCOc1ccc(C(=O)NC2CCCC2CN)cc1OCC. The van der Waals surface area contributed by atoms with E-state index in [0.29, 0.717) is 42.7 Å². The van der Waals surface area contributed by atoms with Crippen molar-refractivity contribution in [1.29, 1.82) is 0 Å². The second kappa shape index (κ2) is 8.77. The predicted molar refractivity (Wildman–Crippen MR) is 91.0 cm³/mol. The molecule has 0 aliphatic heterocycles. The van der Waals surface area contributed by atoms with Gasteiger partial charge < -0.3 is 20.5 Å². The summed E-state index contributed by atoms with van der Waals surface area (Å²) < 4.78 is 11.3. The van der Waals surface area contributed by atoms with Gasteiger partial charge in [-0.2, -0.15) is 0 Å². The molecular formula is C18H28N2O3. The number of nitrogens with two attached hydrogens (primary N) is 1. The molecule has 5 nitrogen and oxygen atoms in total. The van der Waals surface area contributed by atoms with Crippen LogP contribution in [0.1, 0.15) is 49.9 Å². The van der Waals surface area contributed by atoms with Crippen LogP contribution in [0.5, 0.6) is 11.5 Å². The van der Waals surface area contributed by atoms with E-state index in [1.54, 1.807) is 12.1 Å². The van der Waals surface area contributed by atoms with Gasteiger partial charge in [0.2, 0.25) is 0 Å². The number of rotatable bonds is 8. The molecule has 0 heterocycles. The van der Waals surface area contributed by atoms with Gasteiger partial charge in [-0.15, -0.1) is 0 Å². The Morgan fingerprint density at radius 3 is 2.78 bits per heavy atom. The smallest absolute Gasteiger partial charge is 0.251 e. The molecular weight excluding hydrogens is 292 g/mol. The maximum Gasteiger partial charge on any atom is 0.251 e. The number of ether oxygens (including phenoxy) is 2. The predicted octanol–water partition coefficient (Wildman–Crippen LogP) is 2.73. The zero-order valence-corrected chi connectivity index (χ0v) is 14.1. The molecule has 0 radical (unpaired) electrons. The van der Waals surface area contributed by atoms with Crippen LogP contribution in [-0.4, -0.2) is 31.7 Å². The van der Waals surface area contributed by atoms with Crippen molar-refractivity contribution in [3.8, 4) is 11.5 Å². The molecule has 1 aliphatic rings. The zero-order chi connectivity index (χ0) is 16.7. The quantitative estimate of drug-likeness (QED) is 0.772. The summed E-state index contributed by atoms with van der Waals surface area (Å²) in [6.07, 6.45) is 4.15. The number of carbonyl (C=O) groups is 1. The Kier molecular flexibility index (Phi) is 6.71. The van der Waals surface area contributed by atoms with Gasteiger partial charge in [-0.1, -0.05) is 13.3 Å². The van der Waals surface area contributed by atoms with Crippen LogP contribution in [0.3, 0.4) is 0 Å². The summed E-state index contributed by atoms with van der Waals surface area (Å²) in [5.41, 5.74) is 6.38. The summed E-state index contributed by atoms with van der Waals surface area (Å²) in [5.74, 6) is 1.62. The first-order valence-corrected chi connectivity index (χ1v) is 8.60. The molecule has 1 aromatic carbocycles. The van der Waals surface area contributed by atoms with Crippen LogP contribution in [-0.2, 0) is 0 Å². The molecule has 3 N–H and O–H groups in total. The highest BCUT2D eigenvalue weighted by molar-refractivity contribution is 5.95. The molecule has 1 fully saturated rings. The van der Waals surface area contributed by atoms with Gasteiger partial charge in [0, 0.05) is 11.6 Å². The Morgan fingerprint density at radius 1 is 1.26 bits per heavy atom. The van der Waals surface area contributed by atoms with Gasteiger partial charge >= 0.3 is 0 Å². The molecule has 128 valence electrons. The van der Waals surface area contributed by atoms with Gasteiger partial charge in [-0.3, -0.25) is 4.79 Å². The molecule has 1 aliphatic carbocycles. The second-order valence-electron chi connectivity index (χ2n) is 5.95. The lowest BCUT2D eigenvalue weighted by atomic mass is 10.0. The van der Waals surface area contributed by atoms with Crippen molar-refractivity contribution in [3.63, 3.8) is 0 Å². The van der Waals surface area contributed by atoms with Gasteiger partial charge in [-0.25, -0.2) is 0 Å². The lowest BCUT2D eigenvalue weighted by Gasteiger charge is -2.20. The van der Waals surface area contributed by atoms with Crippen molar-refractivity contribution < 1.29 is 14.3 Å². The highest BCUT2D eigenvalue weighted by Gasteiger charge is 2.27. The average Bonchev–Trinajstić information content (AvgIpc) is 3.01. The fourth-order valence-corrected chi connectivity index (χ4v) is 3.01. The fraction of sp³-hybridized carbons (Fsp3) is 0.611. The number of hydrogen-bond acceptors (Lipinski definition) is 4. The first-order chi connectivity index (χ1) is 11.2. The maximum absolute atomic E-state index is 12.5. The van der Waals surface area contributed by atoms with Crippen LogP contribution in [0.4, 0.5) is 0 Å². The first kappa shape index (κ1) is 17.6. The Bertz CT molecular complexity index is 519. The van der Waals surface area contributed by atoms with E-state index in [4.69, 9.17) is 15.2 Å². The standard InChI is InChI=1S/C18H28N2O3/c1-3-10-23-16-9-8-13(11-17(16)22-4-2)18(21)20-15-7-5-6-14(15)12-19/h8-9,11,14-15H,3-7,10,12,19H2,1-2H3,(H,20,21). The first-order valence-electron chi connectivity index (χ1n) is 8.60. The largest absolute Gasteiger partial charge is 0.490 e. The molecule has 0 spiro atoms. The van der Waals surface area contributed by atoms with Crippen molar-refractivity contribution >= 4 is 5.91 Å². The Hall–Kier alpha value is -1.75. The lowest BCUT2D eigenvalue weighted by molar-refractivity contribution is 0.0928. The van der Waals surface area contributed by atoms with E-state index in [1.807, 2.05) is 13.0 Å². The summed E-state index contributed by atoms with van der Waals surface area (Å²) in [4.78, 5) is 12.5. The van der Waals surface area contributed by atoms with Crippen molar-refractivity contribution in [2.45, 2.75) is 45.6 Å². The van der Waals surface area contributed by atoms with Crippen molar-refractivity contribution in [3.05, 3.63) is 23.8 Å². The summed E-state index contributed by atoms with van der Waals surface area (Å²) in [6.45, 7) is 5.76. The van der Waals surface area contributed by atoms with E-state index in [1.165, 1.54) is 0 Å². The second-order valence-corrected chi connectivity index (χ2v) is 5.95. The average molecular weight is 320 g/mol. The monoisotopic (exact) mass is 320 g/mol. The summed E-state index contributed by atoms with van der Waals surface area (Å²) in [7, 11) is 0. The van der Waals surface area contributed by atoms with Crippen molar-refractivity contribution in [2.75, 3.05) is 19.8 Å². The van der Waals surface area contributed by atoms with Gasteiger partial charge in [-0.05, 0) is 56.8 Å². The van der Waals surface area contributed by atoms with Gasteiger partial charge in [0.25, 0.3) is 5.91 Å². The molecule has 2 atom stereocenters. The van der Waals surface area contributed by atoms with Crippen LogP contribution in [0.15, 0.2) is 18.2 Å². The van der Waals surface area contributed by atoms with Crippen LogP contribution in [0.25, 0.3) is 0 Å². The van der Waals surface area contributed by atoms with Crippen LogP contribution in [0.2, 0.25) is 0 Å². The number of hydrogen-bond donors (Lipinski definition) is 2. The van der Waals surface area contributed by atoms with Crippen molar-refractivity contribution in [2.24, 2.45) is 11.7 Å². The molecule has 0 bridgehead atoms. The number of carbonyl (C=O) groups excluding carboxylic acids is 1. The summed E-state index contributed by atoms with van der Waals surface area (Å²) >= 11 is 0. The molecule has 1 amide bonds. The van der Waals surface area contributed by atoms with Crippen LogP contribution < -0.4 is 20.5 Å². The van der Waals surface area contributed by atoms with Gasteiger partial charge in [0.05, 0.1) is 13.2 Å². The van der Waals surface area contributed by atoms with Gasteiger partial charge in [0.1, 0.15) is 0 Å². The molecule has 1 aromatic rings. The zero-order valence-electron chi connectivity index (χ0n) is 14.1. The van der Waals surface area contributed by atoms with E-state index in [9.17, 15) is 4.79 Å². The minimum absolute atomic E-state index is 0.0710. The fourth-order valence-electron chi connectivity index (χ4n) is 3.01. The van der Waals surface area contributed by atoms with Crippen molar-refractivity contribution in [1.82, 2.24) is 5.32 Å². The summed E-state index contributed by atoms with van der Waals surface area (Å²) in [5, 5.41) is 3.11. The van der Waals surface area contributed by atoms with E-state index < -0.39 is 0 Å². The maximum atomic E-state index is 12.5. The highest BCUT2D eigenvalue weighted by Crippen LogP contribution is 2.29. The minimum atomic E-state index is -0.0710. The van der Waals surface area contributed by atoms with E-state index >= 15 is 0 Å². The normalized spacial score (nSPS) is 20.3. The molecule has 23 heavy (non-hydrogen) atoms. The molecule has 0 aromatic heterocycles.